The molecule has 0 radical (unpaired) electrons. The summed E-state index contributed by atoms with van der Waals surface area (Å²) in [6, 6.07) is 5.17. The monoisotopic (exact) mass is 261 g/mol. The van der Waals surface area contributed by atoms with Crippen LogP contribution >= 0.6 is 0 Å². The van der Waals surface area contributed by atoms with Crippen LogP contribution in [0.25, 0.3) is 0 Å². The maximum absolute atomic E-state index is 12.2. The summed E-state index contributed by atoms with van der Waals surface area (Å²) >= 11 is 0. The predicted octanol–water partition coefficient (Wildman–Crippen LogP) is 0.888. The fourth-order valence-electron chi connectivity index (χ4n) is 2.42. The van der Waals surface area contributed by atoms with Crippen LogP contribution in [0.15, 0.2) is 18.2 Å². The van der Waals surface area contributed by atoms with Crippen molar-refractivity contribution in [1.82, 2.24) is 5.32 Å². The van der Waals surface area contributed by atoms with E-state index in [9.17, 15) is 9.59 Å². The first-order valence-electron chi connectivity index (χ1n) is 6.41. The van der Waals surface area contributed by atoms with Gasteiger partial charge in [-0.3, -0.25) is 9.59 Å². The van der Waals surface area contributed by atoms with Gasteiger partial charge in [0.15, 0.2) is 0 Å². The molecule has 2 rings (SSSR count). The lowest BCUT2D eigenvalue weighted by Crippen LogP contribution is -2.28. The van der Waals surface area contributed by atoms with Crippen LogP contribution in [-0.4, -0.2) is 24.9 Å². The highest BCUT2D eigenvalue weighted by molar-refractivity contribution is 5.99. The fraction of sp³-hybridized carbons (Fsp3) is 0.429. The van der Waals surface area contributed by atoms with Crippen molar-refractivity contribution in [2.24, 2.45) is 17.6 Å². The highest BCUT2D eigenvalue weighted by Crippen LogP contribution is 2.22. The van der Waals surface area contributed by atoms with Gasteiger partial charge < -0.3 is 16.4 Å². The highest BCUT2D eigenvalue weighted by atomic mass is 16.2. The number of carbonyl (C=O) groups is 2. The summed E-state index contributed by atoms with van der Waals surface area (Å²) in [6.07, 6.45) is 0. The molecule has 4 N–H and O–H groups in total. The standard InChI is InChI=1S/C14H19N3O2/c1-8-6-16-7-11(8)14(19)17-12-5-3-4-10(9(12)2)13(15)18/h3-5,8,11,16H,6-7H2,1-2H3,(H2,15,18)(H,17,19). The summed E-state index contributed by atoms with van der Waals surface area (Å²) in [5.41, 5.74) is 7.10. The Morgan fingerprint density at radius 1 is 1.37 bits per heavy atom. The van der Waals surface area contributed by atoms with Gasteiger partial charge in [0, 0.05) is 17.8 Å². The van der Waals surface area contributed by atoms with Crippen molar-refractivity contribution >= 4 is 17.5 Å². The van der Waals surface area contributed by atoms with Crippen molar-refractivity contribution in [3.05, 3.63) is 29.3 Å². The molecule has 1 saturated heterocycles. The number of nitrogens with one attached hydrogen (secondary N) is 2. The number of rotatable bonds is 3. The first kappa shape index (κ1) is 13.5. The van der Waals surface area contributed by atoms with Gasteiger partial charge in [-0.15, -0.1) is 0 Å². The summed E-state index contributed by atoms with van der Waals surface area (Å²) < 4.78 is 0. The Labute approximate surface area is 112 Å². The van der Waals surface area contributed by atoms with E-state index in [4.69, 9.17) is 5.73 Å². The van der Waals surface area contributed by atoms with Crippen molar-refractivity contribution in [1.29, 1.82) is 0 Å². The normalized spacial score (nSPS) is 22.2. The third kappa shape index (κ3) is 2.76. The number of carbonyl (C=O) groups excluding carboxylic acids is 2. The minimum absolute atomic E-state index is 0.0118. The molecular weight excluding hydrogens is 242 g/mol. The van der Waals surface area contributed by atoms with Gasteiger partial charge in [-0.05, 0) is 37.1 Å². The zero-order chi connectivity index (χ0) is 14.0. The van der Waals surface area contributed by atoms with Gasteiger partial charge >= 0.3 is 0 Å². The molecule has 5 nitrogen and oxygen atoms in total. The summed E-state index contributed by atoms with van der Waals surface area (Å²) in [6.45, 7) is 5.39. The Morgan fingerprint density at radius 2 is 2.11 bits per heavy atom. The van der Waals surface area contributed by atoms with Crippen LogP contribution in [0.2, 0.25) is 0 Å². The summed E-state index contributed by atoms with van der Waals surface area (Å²) in [5, 5.41) is 6.09. The van der Waals surface area contributed by atoms with E-state index >= 15 is 0 Å². The lowest BCUT2D eigenvalue weighted by Gasteiger charge is -2.16. The molecule has 0 bridgehead atoms. The molecular formula is C14H19N3O2. The quantitative estimate of drug-likeness (QED) is 0.755. The molecule has 1 aromatic rings. The number of hydrogen-bond acceptors (Lipinski definition) is 3. The number of benzene rings is 1. The summed E-state index contributed by atoms with van der Waals surface area (Å²) in [7, 11) is 0. The van der Waals surface area contributed by atoms with E-state index in [1.54, 1.807) is 25.1 Å². The Bertz CT molecular complexity index is 513. The van der Waals surface area contributed by atoms with E-state index in [1.807, 2.05) is 0 Å². The van der Waals surface area contributed by atoms with Crippen LogP contribution in [0.3, 0.4) is 0 Å². The average Bonchev–Trinajstić information content (AvgIpc) is 2.77. The number of anilines is 1. The lowest BCUT2D eigenvalue weighted by molar-refractivity contribution is -0.120. The van der Waals surface area contributed by atoms with Crippen molar-refractivity contribution in [2.75, 3.05) is 18.4 Å². The van der Waals surface area contributed by atoms with Crippen LogP contribution in [0.4, 0.5) is 5.69 Å². The summed E-state index contributed by atoms with van der Waals surface area (Å²) in [5.74, 6) is -0.206. The zero-order valence-electron chi connectivity index (χ0n) is 11.2. The molecule has 5 heteroatoms. The van der Waals surface area contributed by atoms with Crippen molar-refractivity contribution in [3.63, 3.8) is 0 Å². The summed E-state index contributed by atoms with van der Waals surface area (Å²) in [4.78, 5) is 23.5. The second-order valence-corrected chi connectivity index (χ2v) is 5.07. The molecule has 102 valence electrons. The van der Waals surface area contributed by atoms with Crippen LogP contribution in [-0.2, 0) is 4.79 Å². The molecule has 19 heavy (non-hydrogen) atoms. The van der Waals surface area contributed by atoms with E-state index in [1.165, 1.54) is 0 Å². The number of nitrogens with two attached hydrogens (primary N) is 1. The molecule has 1 fully saturated rings. The largest absolute Gasteiger partial charge is 0.366 e. The van der Waals surface area contributed by atoms with E-state index in [0.717, 1.165) is 6.54 Å². The topological polar surface area (TPSA) is 84.2 Å². The molecule has 1 aliphatic heterocycles. The molecule has 0 saturated carbocycles. The molecule has 0 spiro atoms. The number of primary amides is 1. The SMILES string of the molecule is Cc1c(NC(=O)C2CNCC2C)cccc1C(N)=O. The van der Waals surface area contributed by atoms with Crippen molar-refractivity contribution < 1.29 is 9.59 Å². The van der Waals surface area contributed by atoms with E-state index < -0.39 is 5.91 Å². The highest BCUT2D eigenvalue weighted by Gasteiger charge is 2.29. The Balaban J connectivity index is 2.17. The van der Waals surface area contributed by atoms with Gasteiger partial charge in [-0.2, -0.15) is 0 Å². The second-order valence-electron chi connectivity index (χ2n) is 5.07. The van der Waals surface area contributed by atoms with Crippen LogP contribution in [0, 0.1) is 18.8 Å². The molecule has 2 amide bonds. The first-order chi connectivity index (χ1) is 9.00. The maximum atomic E-state index is 12.2. The van der Waals surface area contributed by atoms with E-state index in [-0.39, 0.29) is 11.8 Å². The molecule has 0 aliphatic carbocycles. The maximum Gasteiger partial charge on any atom is 0.249 e. The molecule has 1 heterocycles. The van der Waals surface area contributed by atoms with Gasteiger partial charge in [0.2, 0.25) is 11.8 Å². The zero-order valence-corrected chi connectivity index (χ0v) is 11.2. The predicted molar refractivity (Wildman–Crippen MR) is 73.9 cm³/mol. The molecule has 1 aliphatic rings. The van der Waals surface area contributed by atoms with Gasteiger partial charge in [0.25, 0.3) is 0 Å². The van der Waals surface area contributed by atoms with Gasteiger partial charge in [0.1, 0.15) is 0 Å². The van der Waals surface area contributed by atoms with Gasteiger partial charge in [-0.25, -0.2) is 0 Å². The Hall–Kier alpha value is -1.88. The van der Waals surface area contributed by atoms with E-state index in [2.05, 4.69) is 17.6 Å². The first-order valence-corrected chi connectivity index (χ1v) is 6.41. The third-order valence-corrected chi connectivity index (χ3v) is 3.71. The lowest BCUT2D eigenvalue weighted by atomic mass is 9.97. The van der Waals surface area contributed by atoms with Crippen LogP contribution in [0.5, 0.6) is 0 Å². The van der Waals surface area contributed by atoms with Crippen molar-refractivity contribution in [2.45, 2.75) is 13.8 Å². The van der Waals surface area contributed by atoms with Crippen LogP contribution in [0.1, 0.15) is 22.8 Å². The third-order valence-electron chi connectivity index (χ3n) is 3.71. The van der Waals surface area contributed by atoms with Crippen LogP contribution < -0.4 is 16.4 Å². The minimum Gasteiger partial charge on any atom is -0.366 e. The average molecular weight is 261 g/mol. The van der Waals surface area contributed by atoms with Crippen molar-refractivity contribution in [3.8, 4) is 0 Å². The Morgan fingerprint density at radius 3 is 2.68 bits per heavy atom. The Kier molecular flexibility index (Phi) is 3.85. The molecule has 1 aromatic carbocycles. The second kappa shape index (κ2) is 5.40. The smallest absolute Gasteiger partial charge is 0.249 e. The number of hydrogen-bond donors (Lipinski definition) is 3. The van der Waals surface area contributed by atoms with Gasteiger partial charge in [0.05, 0.1) is 5.92 Å². The minimum atomic E-state index is -0.482. The van der Waals surface area contributed by atoms with Gasteiger partial charge in [-0.1, -0.05) is 13.0 Å². The fourth-order valence-corrected chi connectivity index (χ4v) is 2.42. The van der Waals surface area contributed by atoms with E-state index in [0.29, 0.717) is 29.3 Å². The molecule has 2 unspecified atom stereocenters. The molecule has 2 atom stereocenters. The molecule has 0 aromatic heterocycles. The number of amides is 2.